The van der Waals surface area contributed by atoms with Gasteiger partial charge in [0.2, 0.25) is 0 Å². The van der Waals surface area contributed by atoms with Gasteiger partial charge >= 0.3 is 5.97 Å². The Labute approximate surface area is 229 Å². The third kappa shape index (κ3) is 5.62. The van der Waals surface area contributed by atoms with Crippen LogP contribution in [0.25, 0.3) is 22.3 Å². The fraction of sp³-hybridized carbons (Fsp3) is 0.241. The maximum absolute atomic E-state index is 13.6. The van der Waals surface area contributed by atoms with E-state index in [9.17, 15) is 9.59 Å². The first kappa shape index (κ1) is 27.1. The zero-order chi connectivity index (χ0) is 27.4. The molecule has 0 aliphatic carbocycles. The first-order valence-corrected chi connectivity index (χ1v) is 12.8. The van der Waals surface area contributed by atoms with Gasteiger partial charge in [-0.2, -0.15) is 9.78 Å². The molecule has 0 N–H and O–H groups in total. The fourth-order valence-electron chi connectivity index (χ4n) is 4.01. The lowest BCUT2D eigenvalue weighted by molar-refractivity contribution is -0.142. The summed E-state index contributed by atoms with van der Waals surface area (Å²) in [4.78, 5) is 29.8. The molecule has 9 heteroatoms. The van der Waals surface area contributed by atoms with E-state index in [0.29, 0.717) is 32.5 Å². The molecule has 1 heterocycles. The van der Waals surface area contributed by atoms with Gasteiger partial charge in [-0.25, -0.2) is 9.78 Å². The Balaban J connectivity index is 1.83. The molecular formula is C29H28BrN3O5. The summed E-state index contributed by atoms with van der Waals surface area (Å²) < 4.78 is 17.6. The van der Waals surface area contributed by atoms with Crippen LogP contribution in [0.1, 0.15) is 36.5 Å². The molecule has 0 bridgehead atoms. The number of carbonyl (C=O) groups is 1. The monoisotopic (exact) mass is 577 g/mol. The quantitative estimate of drug-likeness (QED) is 0.197. The van der Waals surface area contributed by atoms with E-state index in [1.807, 2.05) is 31.2 Å². The zero-order valence-electron chi connectivity index (χ0n) is 21.8. The average molecular weight is 578 g/mol. The van der Waals surface area contributed by atoms with Gasteiger partial charge < -0.3 is 14.2 Å². The Morgan fingerprint density at radius 2 is 1.87 bits per heavy atom. The molecule has 196 valence electrons. The van der Waals surface area contributed by atoms with Gasteiger partial charge in [0.15, 0.2) is 12.4 Å². The van der Waals surface area contributed by atoms with Gasteiger partial charge in [-0.15, -0.1) is 0 Å². The largest absolute Gasteiger partial charge is 0.496 e. The minimum atomic E-state index is -0.479. The first-order chi connectivity index (χ1) is 18.2. The van der Waals surface area contributed by atoms with Crippen molar-refractivity contribution < 1.29 is 19.0 Å². The lowest BCUT2D eigenvalue weighted by atomic mass is 9.96. The third-order valence-corrected chi connectivity index (χ3v) is 6.66. The van der Waals surface area contributed by atoms with Crippen molar-refractivity contribution in [3.05, 3.63) is 86.1 Å². The molecule has 4 aromatic rings. The molecule has 38 heavy (non-hydrogen) atoms. The van der Waals surface area contributed by atoms with Crippen molar-refractivity contribution in [2.45, 2.75) is 26.7 Å². The molecule has 1 aromatic heterocycles. The van der Waals surface area contributed by atoms with Crippen LogP contribution < -0.4 is 15.0 Å². The second-order valence-electron chi connectivity index (χ2n) is 8.93. The van der Waals surface area contributed by atoms with Gasteiger partial charge in [-0.3, -0.25) is 4.79 Å². The highest BCUT2D eigenvalue weighted by atomic mass is 79.9. The number of fused-ring (bicyclic) bond motifs is 1. The summed E-state index contributed by atoms with van der Waals surface area (Å²) in [6.07, 6.45) is 1.58. The highest BCUT2D eigenvalue weighted by molar-refractivity contribution is 9.10. The second kappa shape index (κ2) is 11.6. The van der Waals surface area contributed by atoms with Crippen molar-refractivity contribution in [1.29, 1.82) is 0 Å². The number of aromatic nitrogens is 2. The number of methoxy groups -OCH3 is 2. The summed E-state index contributed by atoms with van der Waals surface area (Å²) in [6, 6.07) is 16.5. The van der Waals surface area contributed by atoms with Crippen LogP contribution in [0.4, 0.5) is 0 Å². The van der Waals surface area contributed by atoms with Crippen LogP contribution in [0.2, 0.25) is 0 Å². The Bertz CT molecular complexity index is 1590. The van der Waals surface area contributed by atoms with Crippen molar-refractivity contribution in [2.75, 3.05) is 20.8 Å². The Kier molecular flexibility index (Phi) is 8.26. The number of nitrogens with zero attached hydrogens (tertiary/aromatic N) is 3. The number of esters is 1. The minimum Gasteiger partial charge on any atom is -0.496 e. The van der Waals surface area contributed by atoms with Gasteiger partial charge in [-0.05, 0) is 87.9 Å². The van der Waals surface area contributed by atoms with Crippen molar-refractivity contribution in [3.63, 3.8) is 0 Å². The molecule has 0 unspecified atom stereocenters. The van der Waals surface area contributed by atoms with Crippen molar-refractivity contribution in [2.24, 2.45) is 5.10 Å². The highest BCUT2D eigenvalue weighted by Crippen LogP contribution is 2.34. The van der Waals surface area contributed by atoms with Crippen LogP contribution in [-0.2, 0) is 9.53 Å². The minimum absolute atomic E-state index is 0.200. The number of hydrogen-bond donors (Lipinski definition) is 0. The Morgan fingerprint density at radius 1 is 1.11 bits per heavy atom. The summed E-state index contributed by atoms with van der Waals surface area (Å²) in [5, 5.41) is 5.04. The first-order valence-electron chi connectivity index (χ1n) is 12.0. The van der Waals surface area contributed by atoms with Crippen molar-refractivity contribution >= 4 is 39.0 Å². The van der Waals surface area contributed by atoms with Crippen LogP contribution >= 0.6 is 15.9 Å². The molecule has 0 fully saturated rings. The van der Waals surface area contributed by atoms with E-state index in [4.69, 9.17) is 14.5 Å². The van der Waals surface area contributed by atoms with Crippen LogP contribution in [0.5, 0.6) is 11.5 Å². The summed E-state index contributed by atoms with van der Waals surface area (Å²) in [6.45, 7) is 5.93. The predicted octanol–water partition coefficient (Wildman–Crippen LogP) is 5.70. The molecule has 0 atom stereocenters. The maximum atomic E-state index is 13.6. The number of para-hydroxylation sites is 1. The summed E-state index contributed by atoms with van der Waals surface area (Å²) in [7, 11) is 2.95. The number of carbonyl (C=O) groups excluding carboxylic acids is 1. The normalized spacial score (nSPS) is 11.3. The van der Waals surface area contributed by atoms with Crippen molar-refractivity contribution in [1.82, 2.24) is 9.66 Å². The lowest BCUT2D eigenvalue weighted by Gasteiger charge is -2.17. The van der Waals surface area contributed by atoms with Gasteiger partial charge in [-0.1, -0.05) is 26.0 Å². The Morgan fingerprint density at radius 3 is 2.55 bits per heavy atom. The number of hydrogen-bond acceptors (Lipinski definition) is 7. The lowest BCUT2D eigenvalue weighted by Crippen LogP contribution is -2.20. The molecule has 0 aliphatic rings. The van der Waals surface area contributed by atoms with Gasteiger partial charge in [0, 0.05) is 5.56 Å². The van der Waals surface area contributed by atoms with Crippen LogP contribution in [0.3, 0.4) is 0 Å². The molecule has 8 nitrogen and oxygen atoms in total. The van der Waals surface area contributed by atoms with E-state index in [-0.39, 0.29) is 18.1 Å². The third-order valence-electron chi connectivity index (χ3n) is 6.04. The van der Waals surface area contributed by atoms with E-state index in [2.05, 4.69) is 39.6 Å². The van der Waals surface area contributed by atoms with E-state index in [1.54, 1.807) is 43.7 Å². The number of aryl methyl sites for hydroxylation is 1. The second-order valence-corrected chi connectivity index (χ2v) is 9.79. The molecule has 0 saturated carbocycles. The summed E-state index contributed by atoms with van der Waals surface area (Å²) in [5.41, 5.74) is 3.74. The van der Waals surface area contributed by atoms with Gasteiger partial charge in [0.05, 0.1) is 35.8 Å². The molecule has 0 aliphatic heterocycles. The maximum Gasteiger partial charge on any atom is 0.343 e. The Hall–Kier alpha value is -3.98. The van der Waals surface area contributed by atoms with E-state index >= 15 is 0 Å². The molecule has 4 rings (SSSR count). The predicted molar refractivity (Wildman–Crippen MR) is 151 cm³/mol. The molecule has 0 amide bonds. The highest BCUT2D eigenvalue weighted by Gasteiger charge is 2.18. The van der Waals surface area contributed by atoms with Gasteiger partial charge in [0.1, 0.15) is 11.5 Å². The molecule has 0 spiro atoms. The molecule has 3 aromatic carbocycles. The van der Waals surface area contributed by atoms with E-state index < -0.39 is 5.97 Å². The number of rotatable bonds is 8. The average Bonchev–Trinajstić information content (AvgIpc) is 2.91. The zero-order valence-corrected chi connectivity index (χ0v) is 23.4. The fourth-order valence-corrected chi connectivity index (χ4v) is 4.52. The SMILES string of the molecule is COC(=O)COc1ccc(C=Nn2c(-c3cc(C(C)C)c(OC)cc3C)nc3ccccc3c2=O)cc1Br. The van der Waals surface area contributed by atoms with Crippen LogP contribution in [-0.4, -0.2) is 42.7 Å². The number of halogens is 1. The van der Waals surface area contributed by atoms with E-state index in [1.165, 1.54) is 11.8 Å². The van der Waals surface area contributed by atoms with Crippen LogP contribution in [0.15, 0.2) is 69.0 Å². The molecular weight excluding hydrogens is 550 g/mol. The van der Waals surface area contributed by atoms with Crippen molar-refractivity contribution in [3.8, 4) is 22.9 Å². The topological polar surface area (TPSA) is 92.0 Å². The van der Waals surface area contributed by atoms with E-state index in [0.717, 1.165) is 22.4 Å². The van der Waals surface area contributed by atoms with Crippen LogP contribution in [0, 0.1) is 6.92 Å². The smallest absolute Gasteiger partial charge is 0.343 e. The summed E-state index contributed by atoms with van der Waals surface area (Å²) >= 11 is 3.46. The molecule has 0 saturated heterocycles. The standard InChI is InChI=1S/C29H28BrN3O5/c1-17(2)21-14-22(18(3)12-26(21)36-4)28-32-24-9-7-6-8-20(24)29(35)33(28)31-15-19-10-11-25(23(30)13-19)38-16-27(34)37-5/h6-15,17H,16H2,1-5H3. The number of benzene rings is 3. The summed E-state index contributed by atoms with van der Waals surface area (Å²) in [5.74, 6) is 1.43. The van der Waals surface area contributed by atoms with Gasteiger partial charge in [0.25, 0.3) is 5.56 Å². The molecule has 0 radical (unpaired) electrons. The number of ether oxygens (including phenoxy) is 3.